The quantitative estimate of drug-likeness (QED) is 0.381. The molecule has 1 N–H and O–H groups in total. The number of aliphatic carboxylic acids is 1. The number of nitrogens with zero attached hydrogens (tertiary/aromatic N) is 1. The van der Waals surface area contributed by atoms with Crippen LogP contribution in [0.25, 0.3) is 0 Å². The van der Waals surface area contributed by atoms with Gasteiger partial charge in [0, 0.05) is 26.6 Å². The van der Waals surface area contributed by atoms with E-state index < -0.39 is 5.97 Å². The van der Waals surface area contributed by atoms with Crippen LogP contribution >= 0.6 is 0 Å². The second kappa shape index (κ2) is 5.20. The van der Waals surface area contributed by atoms with Crippen LogP contribution in [0.15, 0.2) is 0 Å². The van der Waals surface area contributed by atoms with Gasteiger partial charge in [0.1, 0.15) is 0 Å². The molecule has 0 bridgehead atoms. The predicted molar refractivity (Wildman–Crippen MR) is 35.9 cm³/mol. The normalized spacial score (nSPS) is 10.3. The zero-order valence-electron chi connectivity index (χ0n) is 6.39. The van der Waals surface area contributed by atoms with Crippen LogP contribution in [0.4, 0.5) is 0 Å². The first-order chi connectivity index (χ1) is 4.63. The second-order valence-electron chi connectivity index (χ2n) is 2.28. The molecule has 0 aromatic heterocycles. The van der Waals surface area contributed by atoms with Crippen LogP contribution in [-0.2, 0) is 4.79 Å². The molecule has 0 rings (SSSR count). The number of carbonyl (C=O) groups is 1. The molecule has 0 aliphatic rings. The summed E-state index contributed by atoms with van der Waals surface area (Å²) in [6, 6.07) is 0. The van der Waals surface area contributed by atoms with Crippen LogP contribution < -0.4 is 10.5 Å². The Kier molecular flexibility index (Phi) is 4.88. The lowest BCUT2D eigenvalue weighted by molar-refractivity contribution is -0.305. The molecular formula is C6H13N2O2-. The van der Waals surface area contributed by atoms with E-state index in [1.165, 1.54) is 0 Å². The van der Waals surface area contributed by atoms with Gasteiger partial charge in [0.05, 0.1) is 0 Å². The molecule has 0 unspecified atom stereocenters. The first-order valence-electron chi connectivity index (χ1n) is 3.23. The summed E-state index contributed by atoms with van der Waals surface area (Å²) < 4.78 is 0. The van der Waals surface area contributed by atoms with E-state index >= 15 is 0 Å². The highest BCUT2D eigenvalue weighted by Crippen LogP contribution is 1.83. The summed E-state index contributed by atoms with van der Waals surface area (Å²) >= 11 is 0. The first kappa shape index (κ1) is 9.39. The number of carbonyl (C=O) groups excluding carboxylic acids is 1. The van der Waals surface area contributed by atoms with Gasteiger partial charge in [0.15, 0.2) is 0 Å². The number of carboxylic acid groups (broad SMARTS) is 1. The minimum atomic E-state index is -0.986. The molecule has 0 saturated carbocycles. The van der Waals surface area contributed by atoms with Crippen LogP contribution in [-0.4, -0.2) is 31.6 Å². The predicted octanol–water partition coefficient (Wildman–Crippen LogP) is -1.42. The summed E-state index contributed by atoms with van der Waals surface area (Å²) in [6.45, 7) is 0.682. The average molecular weight is 145 g/mol. The average Bonchev–Trinajstić information content (AvgIpc) is 1.79. The first-order valence-corrected chi connectivity index (χ1v) is 3.23. The molecule has 4 nitrogen and oxygen atoms in total. The van der Waals surface area contributed by atoms with Crippen molar-refractivity contribution in [3.63, 3.8) is 0 Å². The Morgan fingerprint density at radius 3 is 2.60 bits per heavy atom. The molecule has 10 heavy (non-hydrogen) atoms. The number of rotatable bonds is 5. The van der Waals surface area contributed by atoms with Gasteiger partial charge < -0.3 is 9.90 Å². The smallest absolute Gasteiger partial charge is 0.0414 e. The van der Waals surface area contributed by atoms with Gasteiger partial charge >= 0.3 is 0 Å². The third kappa shape index (κ3) is 7.39. The minimum Gasteiger partial charge on any atom is -0.550 e. The lowest BCUT2D eigenvalue weighted by Gasteiger charge is -2.11. The standard InChI is InChI=1S/C6H14N2O2/c1-8(2)7-5-3-4-6(9)10/h7H,3-5H2,1-2H3,(H,9,10)/p-1. The molecule has 0 spiro atoms. The minimum absolute atomic E-state index is 0.126. The van der Waals surface area contributed by atoms with E-state index in [0.29, 0.717) is 13.0 Å². The highest BCUT2D eigenvalue weighted by molar-refractivity contribution is 5.64. The van der Waals surface area contributed by atoms with Crippen molar-refractivity contribution >= 4 is 5.97 Å². The Bertz CT molecular complexity index is 104. The molecule has 4 heteroatoms. The SMILES string of the molecule is CN(C)NCCCC(=O)[O-]. The summed E-state index contributed by atoms with van der Waals surface area (Å²) in [5.41, 5.74) is 2.94. The number of nitrogens with one attached hydrogen (secondary N) is 1. The second-order valence-corrected chi connectivity index (χ2v) is 2.28. The summed E-state index contributed by atoms with van der Waals surface area (Å²) in [4.78, 5) is 9.89. The van der Waals surface area contributed by atoms with Gasteiger partial charge in [-0.15, -0.1) is 0 Å². The molecule has 0 atom stereocenters. The van der Waals surface area contributed by atoms with Crippen molar-refractivity contribution in [2.45, 2.75) is 12.8 Å². The van der Waals surface area contributed by atoms with Crippen molar-refractivity contribution in [3.05, 3.63) is 0 Å². The lowest BCUT2D eigenvalue weighted by Crippen LogP contribution is -2.32. The van der Waals surface area contributed by atoms with Crippen molar-refractivity contribution in [2.24, 2.45) is 0 Å². The molecule has 0 aliphatic heterocycles. The Balaban J connectivity index is 2.98. The topological polar surface area (TPSA) is 55.4 Å². The van der Waals surface area contributed by atoms with E-state index in [1.807, 2.05) is 14.1 Å². The van der Waals surface area contributed by atoms with Crippen LogP contribution in [0, 0.1) is 0 Å². The molecule has 0 fully saturated rings. The summed E-state index contributed by atoms with van der Waals surface area (Å²) in [5, 5.41) is 11.7. The van der Waals surface area contributed by atoms with Gasteiger partial charge in [-0.2, -0.15) is 0 Å². The highest BCUT2D eigenvalue weighted by Gasteiger charge is 1.88. The van der Waals surface area contributed by atoms with Crippen molar-refractivity contribution < 1.29 is 9.90 Å². The molecule has 0 saturated heterocycles. The van der Waals surface area contributed by atoms with Crippen LogP contribution in [0.3, 0.4) is 0 Å². The molecule has 0 aromatic rings. The van der Waals surface area contributed by atoms with Gasteiger partial charge in [-0.3, -0.25) is 10.4 Å². The fourth-order valence-electron chi connectivity index (χ4n) is 0.535. The van der Waals surface area contributed by atoms with Crippen molar-refractivity contribution in [1.29, 1.82) is 0 Å². The van der Waals surface area contributed by atoms with E-state index in [0.717, 1.165) is 0 Å². The summed E-state index contributed by atoms with van der Waals surface area (Å²) in [5.74, 6) is -0.986. The maximum Gasteiger partial charge on any atom is 0.0414 e. The number of hydrazine groups is 1. The Labute approximate surface area is 60.8 Å². The summed E-state index contributed by atoms with van der Waals surface area (Å²) in [7, 11) is 3.72. The third-order valence-corrected chi connectivity index (χ3v) is 0.986. The largest absolute Gasteiger partial charge is 0.550 e. The Hall–Kier alpha value is -0.610. The molecule has 60 valence electrons. The van der Waals surface area contributed by atoms with Crippen molar-refractivity contribution in [2.75, 3.05) is 20.6 Å². The van der Waals surface area contributed by atoms with Crippen LogP contribution in [0.2, 0.25) is 0 Å². The zero-order chi connectivity index (χ0) is 7.98. The maximum absolute atomic E-state index is 9.89. The van der Waals surface area contributed by atoms with E-state index in [-0.39, 0.29) is 6.42 Å². The molecule has 0 radical (unpaired) electrons. The number of hydrogen-bond donors (Lipinski definition) is 1. The molecule has 0 aromatic carbocycles. The Morgan fingerprint density at radius 1 is 1.60 bits per heavy atom. The highest BCUT2D eigenvalue weighted by atomic mass is 16.4. The molecule has 0 heterocycles. The number of hydrogen-bond acceptors (Lipinski definition) is 4. The third-order valence-electron chi connectivity index (χ3n) is 0.986. The van der Waals surface area contributed by atoms with Gasteiger partial charge in [-0.25, -0.2) is 0 Å². The van der Waals surface area contributed by atoms with Gasteiger partial charge in [0.25, 0.3) is 0 Å². The summed E-state index contributed by atoms with van der Waals surface area (Å²) in [6.07, 6.45) is 0.737. The van der Waals surface area contributed by atoms with Crippen molar-refractivity contribution in [3.8, 4) is 0 Å². The molecule has 0 aliphatic carbocycles. The Morgan fingerprint density at radius 2 is 2.20 bits per heavy atom. The fraction of sp³-hybridized carbons (Fsp3) is 0.833. The lowest BCUT2D eigenvalue weighted by atomic mass is 10.3. The van der Waals surface area contributed by atoms with Crippen molar-refractivity contribution in [1.82, 2.24) is 10.4 Å². The van der Waals surface area contributed by atoms with Crippen LogP contribution in [0.1, 0.15) is 12.8 Å². The molecule has 0 amide bonds. The van der Waals surface area contributed by atoms with E-state index in [9.17, 15) is 9.90 Å². The van der Waals surface area contributed by atoms with Gasteiger partial charge in [-0.1, -0.05) is 0 Å². The van der Waals surface area contributed by atoms with E-state index in [2.05, 4.69) is 5.43 Å². The number of carboxylic acids is 1. The van der Waals surface area contributed by atoms with Gasteiger partial charge in [-0.05, 0) is 12.8 Å². The van der Waals surface area contributed by atoms with Gasteiger partial charge in [0.2, 0.25) is 0 Å². The maximum atomic E-state index is 9.89. The zero-order valence-corrected chi connectivity index (χ0v) is 6.39. The monoisotopic (exact) mass is 145 g/mol. The molecular weight excluding hydrogens is 132 g/mol. The van der Waals surface area contributed by atoms with E-state index in [4.69, 9.17) is 0 Å². The van der Waals surface area contributed by atoms with Crippen LogP contribution in [0.5, 0.6) is 0 Å². The fourth-order valence-corrected chi connectivity index (χ4v) is 0.535. The van der Waals surface area contributed by atoms with E-state index in [1.54, 1.807) is 5.01 Å².